The second-order valence-electron chi connectivity index (χ2n) is 10.8. The van der Waals surface area contributed by atoms with Crippen molar-refractivity contribution in [2.24, 2.45) is 0 Å². The van der Waals surface area contributed by atoms with Crippen LogP contribution in [0, 0.1) is 0 Å². The van der Waals surface area contributed by atoms with Crippen molar-refractivity contribution in [3.8, 4) is 10.4 Å². The molecule has 8 heteroatoms. The van der Waals surface area contributed by atoms with Gasteiger partial charge in [0.15, 0.2) is 18.9 Å². The Kier molecular flexibility index (Phi) is 16.2. The van der Waals surface area contributed by atoms with E-state index < -0.39 is 0 Å². The van der Waals surface area contributed by atoms with Gasteiger partial charge in [-0.2, -0.15) is 9.90 Å². The van der Waals surface area contributed by atoms with Gasteiger partial charge in [0, 0.05) is 60.5 Å². The van der Waals surface area contributed by atoms with E-state index in [1.54, 1.807) is 0 Å². The molecule has 0 spiro atoms. The standard InChI is InChI=1S/C35H37N3S.2BrH.H3P.V.H2/c1-38(2,3)28-10-25-36-26-23-29(24-27-36)15-20-34-21-22-35(39-34)30-16-18-33(19-17-30)37(31-11-6-4-7-12-31)32-13-8-5-9-14-32;;;;;/h4-9,11-24,26-27H,10,25,28H2,1-3H3;2*1H;1H3;;1H/q+2;;;;;/p-2/i;;;;;1+2T. The largest absolute Gasteiger partial charge is 1.00 e. The van der Waals surface area contributed by atoms with Crippen molar-refractivity contribution in [2.45, 2.75) is 13.0 Å². The van der Waals surface area contributed by atoms with Crippen LogP contribution in [-0.2, 0) is 25.1 Å². The van der Waals surface area contributed by atoms with E-state index in [0.717, 1.165) is 28.1 Å². The summed E-state index contributed by atoms with van der Waals surface area (Å²) in [6, 6.07) is 38.7. The van der Waals surface area contributed by atoms with Crippen molar-refractivity contribution in [3.63, 3.8) is 0 Å². The molecule has 1 unspecified atom stereocenters. The molecule has 0 amide bonds. The van der Waals surface area contributed by atoms with Gasteiger partial charge in [-0.15, -0.1) is 11.3 Å². The van der Waals surface area contributed by atoms with Crippen LogP contribution < -0.4 is 43.4 Å². The molecule has 0 bridgehead atoms. The average Bonchev–Trinajstić information content (AvgIpc) is 3.48. The number of pyridine rings is 1. The van der Waals surface area contributed by atoms with Gasteiger partial charge in [-0.3, -0.25) is 0 Å². The molecule has 0 N–H and O–H groups in total. The van der Waals surface area contributed by atoms with E-state index >= 15 is 0 Å². The Bertz CT molecular complexity index is 1480. The van der Waals surface area contributed by atoms with Crippen molar-refractivity contribution in [1.29, 1.82) is 0 Å². The van der Waals surface area contributed by atoms with Crippen LogP contribution in [0.3, 0.4) is 0 Å². The number of quaternary nitrogens is 1. The van der Waals surface area contributed by atoms with Gasteiger partial charge in [0.2, 0.25) is 0 Å². The summed E-state index contributed by atoms with van der Waals surface area (Å²) in [5.41, 5.74) is 5.90. The van der Waals surface area contributed by atoms with E-state index in [4.69, 9.17) is 2.97 Å². The summed E-state index contributed by atoms with van der Waals surface area (Å²) in [7, 11) is 6.74. The van der Waals surface area contributed by atoms with Crippen LogP contribution in [0.25, 0.3) is 22.6 Å². The van der Waals surface area contributed by atoms with E-state index in [-0.39, 0.29) is 62.4 Å². The molecule has 0 aliphatic carbocycles. The number of halogens is 2. The maximum atomic E-state index is 5.00. The third-order valence-electron chi connectivity index (χ3n) is 6.67. The number of nitrogens with zero attached hydrogens (tertiary/aromatic N) is 3. The summed E-state index contributed by atoms with van der Waals surface area (Å²) in [5, 5.41) is 0. The van der Waals surface area contributed by atoms with Gasteiger partial charge in [-0.25, -0.2) is 4.57 Å². The zero-order valence-corrected chi connectivity index (χ0v) is 31.8. The van der Waals surface area contributed by atoms with Crippen LogP contribution in [0.15, 0.2) is 122 Å². The summed E-state index contributed by atoms with van der Waals surface area (Å²) < 4.78 is 13.3. The van der Waals surface area contributed by atoms with E-state index in [9.17, 15) is 0 Å². The summed E-state index contributed by atoms with van der Waals surface area (Å²) in [5.74, 6) is 0. The first-order chi connectivity index (χ1) is 19.9. The predicted molar refractivity (Wildman–Crippen MR) is 181 cm³/mol. The van der Waals surface area contributed by atoms with Gasteiger partial charge in [0.05, 0.1) is 34.1 Å². The fourth-order valence-electron chi connectivity index (χ4n) is 4.61. The number of thiophene rings is 1. The number of aryl methyl sites for hydroxylation is 1. The van der Waals surface area contributed by atoms with E-state index in [0.29, 0.717) is 0 Å². The number of aromatic nitrogens is 1. The number of rotatable bonds is 10. The van der Waals surface area contributed by atoms with Crippen LogP contribution >= 0.6 is 21.2 Å². The number of anilines is 3. The fourth-order valence-corrected chi connectivity index (χ4v) is 5.52. The van der Waals surface area contributed by atoms with E-state index in [1.807, 2.05) is 11.3 Å². The summed E-state index contributed by atoms with van der Waals surface area (Å²) in [6.45, 7) is 2.23. The van der Waals surface area contributed by atoms with Crippen molar-refractivity contribution in [1.82, 2.24) is 0 Å². The second-order valence-corrected chi connectivity index (χ2v) is 11.9. The maximum absolute atomic E-state index is 5.00. The molecular weight excluding hydrogens is 736 g/mol. The molecule has 0 aliphatic rings. The molecule has 1 atom stereocenters. The molecule has 1 radical (unpaired) electrons. The maximum Gasteiger partial charge on any atom is 0.169 e. The van der Waals surface area contributed by atoms with Gasteiger partial charge in [-0.05, 0) is 65.7 Å². The summed E-state index contributed by atoms with van der Waals surface area (Å²) in [4.78, 5) is 4.82. The minimum absolute atomic E-state index is 0. The molecule has 2 heterocycles. The van der Waals surface area contributed by atoms with Gasteiger partial charge in [0.1, 0.15) is 0 Å². The molecule has 3 nitrogen and oxygen atoms in total. The first kappa shape index (κ1) is 37.2. The molecule has 2 aromatic heterocycles. The zero-order chi connectivity index (χ0) is 29.1. The second kappa shape index (κ2) is 18.7. The van der Waals surface area contributed by atoms with Gasteiger partial charge in [-0.1, -0.05) is 54.6 Å². The molecule has 0 aliphatic heterocycles. The summed E-state index contributed by atoms with van der Waals surface area (Å²) in [6.07, 6.45) is 9.97. The first-order valence-corrected chi connectivity index (χ1v) is 14.3. The van der Waals surface area contributed by atoms with Crippen LogP contribution in [-0.4, -0.2) is 32.2 Å². The van der Waals surface area contributed by atoms with Crippen molar-refractivity contribution >= 4 is 50.4 Å². The Balaban J connectivity index is 0.00000316. The quantitative estimate of drug-likeness (QED) is 0.120. The Morgan fingerprint density at radius 1 is 0.721 bits per heavy atom. The monoisotopic (exact) mass is 780 g/mol. The van der Waals surface area contributed by atoms with E-state index in [2.05, 4.69) is 164 Å². The smallest absolute Gasteiger partial charge is 0.169 e. The van der Waals surface area contributed by atoms with Crippen LogP contribution in [0.2, 0.25) is 0 Å². The third-order valence-corrected chi connectivity index (χ3v) is 7.77. The SMILES string of the molecule is C[N+](C)(C)CCC[n+]1ccc(/C=C/c2ccc(-c3ccc(N(c4ccccc4)c4ccccc4)cc3)s2)cc1.P.[3H][3H].[Br-].[Br-].[V]. The predicted octanol–water partition coefficient (Wildman–Crippen LogP) is 2.75. The molecule has 0 saturated heterocycles. The molecule has 0 saturated carbocycles. The molecule has 5 aromatic rings. The minimum Gasteiger partial charge on any atom is -1.00 e. The van der Waals surface area contributed by atoms with Crippen molar-refractivity contribution in [2.75, 3.05) is 32.6 Å². The third kappa shape index (κ3) is 11.4. The normalized spacial score (nSPS) is 10.8. The number of hydrogen-bond acceptors (Lipinski definition) is 2. The molecule has 3 aromatic carbocycles. The summed E-state index contributed by atoms with van der Waals surface area (Å²) >= 11 is 1.82. The van der Waals surface area contributed by atoms with E-state index in [1.165, 1.54) is 33.8 Å². The number of para-hydroxylation sites is 2. The van der Waals surface area contributed by atoms with Crippen LogP contribution in [0.5, 0.6) is 0 Å². The van der Waals surface area contributed by atoms with Crippen molar-refractivity contribution in [3.05, 3.63) is 132 Å². The number of benzene rings is 3. The molecular formula is C35H42Br2N3PSV. The molecule has 43 heavy (non-hydrogen) atoms. The minimum atomic E-state index is 0. The Morgan fingerprint density at radius 3 is 1.79 bits per heavy atom. The average molecular weight is 783 g/mol. The Morgan fingerprint density at radius 2 is 1.26 bits per heavy atom. The number of hydrogen-bond donors (Lipinski definition) is 0. The topological polar surface area (TPSA) is 7.12 Å². The fraction of sp³-hybridized carbons (Fsp3) is 0.171. The molecule has 227 valence electrons. The first-order valence-electron chi connectivity index (χ1n) is 14.5. The Labute approximate surface area is 301 Å². The van der Waals surface area contributed by atoms with Gasteiger partial charge < -0.3 is 43.3 Å². The molecule has 0 fully saturated rings. The van der Waals surface area contributed by atoms with Crippen molar-refractivity contribution < 1.29 is 64.5 Å². The molecule has 5 rings (SSSR count). The van der Waals surface area contributed by atoms with Gasteiger partial charge in [0.25, 0.3) is 0 Å². The van der Waals surface area contributed by atoms with Gasteiger partial charge >= 0.3 is 0 Å². The van der Waals surface area contributed by atoms with Crippen LogP contribution in [0.1, 0.15) is 19.8 Å². The van der Waals surface area contributed by atoms with Crippen LogP contribution in [0.4, 0.5) is 17.1 Å². The Hall–Kier alpha value is -2.02. The zero-order valence-electron chi connectivity index (χ0n) is 27.0.